The van der Waals surface area contributed by atoms with Gasteiger partial charge >= 0.3 is 0 Å². The number of furan rings is 1. The van der Waals surface area contributed by atoms with Gasteiger partial charge in [-0.1, -0.05) is 5.16 Å². The van der Waals surface area contributed by atoms with Crippen molar-refractivity contribution >= 4 is 27.7 Å². The van der Waals surface area contributed by atoms with E-state index in [9.17, 15) is 4.79 Å². The van der Waals surface area contributed by atoms with Gasteiger partial charge in [0.25, 0.3) is 5.91 Å². The largest absolute Gasteiger partial charge is 0.457 e. The summed E-state index contributed by atoms with van der Waals surface area (Å²) < 4.78 is 10.4. The van der Waals surface area contributed by atoms with Crippen LogP contribution in [0, 0.1) is 0 Å². The third kappa shape index (κ3) is 4.56. The second-order valence-electron chi connectivity index (χ2n) is 3.73. The number of methoxy groups -OCH3 is 1. The first-order valence-electron chi connectivity index (χ1n) is 5.57. The highest BCUT2D eigenvalue weighted by atomic mass is 79.9. The lowest BCUT2D eigenvalue weighted by atomic mass is 10.2. The predicted octanol–water partition coefficient (Wildman–Crippen LogP) is 1.27. The molecule has 1 aromatic heterocycles. The number of oxime groups is 1. The number of hydrogen-bond donors (Lipinski definition) is 2. The SMILES string of the molecule is COCCN(CC/C(N)=N/O)C(=O)c1ccoc1Br. The average molecular weight is 334 g/mol. The lowest BCUT2D eigenvalue weighted by Gasteiger charge is -2.21. The van der Waals surface area contributed by atoms with Crippen LogP contribution < -0.4 is 5.73 Å². The summed E-state index contributed by atoms with van der Waals surface area (Å²) >= 11 is 3.16. The molecule has 0 aromatic carbocycles. The van der Waals surface area contributed by atoms with E-state index in [0.717, 1.165) is 0 Å². The highest BCUT2D eigenvalue weighted by molar-refractivity contribution is 9.10. The van der Waals surface area contributed by atoms with Gasteiger partial charge in [-0.3, -0.25) is 4.79 Å². The molecule has 0 saturated heterocycles. The number of carbonyl (C=O) groups is 1. The number of carbonyl (C=O) groups excluding carboxylic acids is 1. The van der Waals surface area contributed by atoms with Crippen molar-refractivity contribution in [1.82, 2.24) is 4.90 Å². The monoisotopic (exact) mass is 333 g/mol. The number of ether oxygens (including phenoxy) is 1. The molecule has 0 bridgehead atoms. The molecule has 0 radical (unpaired) electrons. The number of nitrogens with two attached hydrogens (primary N) is 1. The second-order valence-corrected chi connectivity index (χ2v) is 4.45. The summed E-state index contributed by atoms with van der Waals surface area (Å²) in [6.07, 6.45) is 1.71. The maximum absolute atomic E-state index is 12.3. The second kappa shape index (κ2) is 7.80. The number of halogens is 1. The van der Waals surface area contributed by atoms with Gasteiger partial charge in [-0.15, -0.1) is 0 Å². The molecule has 0 spiro atoms. The fourth-order valence-electron chi connectivity index (χ4n) is 1.43. The third-order valence-electron chi connectivity index (χ3n) is 2.47. The molecule has 19 heavy (non-hydrogen) atoms. The van der Waals surface area contributed by atoms with Crippen LogP contribution in [-0.2, 0) is 4.74 Å². The van der Waals surface area contributed by atoms with Gasteiger partial charge in [-0.05, 0) is 22.0 Å². The van der Waals surface area contributed by atoms with Crippen molar-refractivity contribution in [3.63, 3.8) is 0 Å². The fourth-order valence-corrected chi connectivity index (χ4v) is 1.84. The molecule has 0 aliphatic carbocycles. The topological polar surface area (TPSA) is 101 Å². The maximum atomic E-state index is 12.3. The van der Waals surface area contributed by atoms with E-state index < -0.39 is 0 Å². The van der Waals surface area contributed by atoms with E-state index in [2.05, 4.69) is 21.1 Å². The zero-order valence-electron chi connectivity index (χ0n) is 10.5. The highest BCUT2D eigenvalue weighted by Gasteiger charge is 2.20. The van der Waals surface area contributed by atoms with E-state index in [1.807, 2.05) is 0 Å². The van der Waals surface area contributed by atoms with E-state index in [1.54, 1.807) is 18.1 Å². The Labute approximate surface area is 119 Å². The highest BCUT2D eigenvalue weighted by Crippen LogP contribution is 2.19. The molecular weight excluding hydrogens is 318 g/mol. The zero-order chi connectivity index (χ0) is 14.3. The lowest BCUT2D eigenvalue weighted by Crippen LogP contribution is -2.36. The summed E-state index contributed by atoms with van der Waals surface area (Å²) in [5, 5.41) is 11.4. The number of amidine groups is 1. The Morgan fingerprint density at radius 2 is 2.37 bits per heavy atom. The Kier molecular flexibility index (Phi) is 6.37. The van der Waals surface area contributed by atoms with Gasteiger partial charge in [0.15, 0.2) is 4.67 Å². The molecule has 0 atom stereocenters. The van der Waals surface area contributed by atoms with Gasteiger partial charge < -0.3 is 25.0 Å². The van der Waals surface area contributed by atoms with Crippen molar-refractivity contribution < 1.29 is 19.2 Å². The van der Waals surface area contributed by atoms with Crippen LogP contribution in [0.5, 0.6) is 0 Å². The minimum Gasteiger partial charge on any atom is -0.457 e. The van der Waals surface area contributed by atoms with Gasteiger partial charge in [-0.2, -0.15) is 0 Å². The minimum atomic E-state index is -0.205. The molecule has 8 heteroatoms. The molecule has 0 saturated carbocycles. The van der Waals surface area contributed by atoms with Gasteiger partial charge in [-0.25, -0.2) is 0 Å². The van der Waals surface area contributed by atoms with E-state index in [0.29, 0.717) is 29.9 Å². The third-order valence-corrected chi connectivity index (χ3v) is 3.08. The lowest BCUT2D eigenvalue weighted by molar-refractivity contribution is 0.0698. The van der Waals surface area contributed by atoms with Crippen LogP contribution in [0.3, 0.4) is 0 Å². The molecule has 0 fully saturated rings. The van der Waals surface area contributed by atoms with Crippen molar-refractivity contribution in [3.8, 4) is 0 Å². The Bertz CT molecular complexity index is 447. The summed E-state index contributed by atoms with van der Waals surface area (Å²) in [4.78, 5) is 13.8. The van der Waals surface area contributed by atoms with Gasteiger partial charge in [0.2, 0.25) is 0 Å². The van der Waals surface area contributed by atoms with Crippen molar-refractivity contribution in [2.75, 3.05) is 26.8 Å². The van der Waals surface area contributed by atoms with Crippen LogP contribution >= 0.6 is 15.9 Å². The molecule has 1 aromatic rings. The molecule has 106 valence electrons. The normalized spacial score (nSPS) is 11.6. The minimum absolute atomic E-state index is 0.0708. The zero-order valence-corrected chi connectivity index (χ0v) is 12.1. The predicted molar refractivity (Wildman–Crippen MR) is 72.2 cm³/mol. The molecule has 1 amide bonds. The van der Waals surface area contributed by atoms with E-state index in [4.69, 9.17) is 20.1 Å². The molecule has 0 aliphatic heterocycles. The first-order valence-corrected chi connectivity index (χ1v) is 6.37. The molecule has 7 nitrogen and oxygen atoms in total. The molecule has 0 aliphatic rings. The van der Waals surface area contributed by atoms with Crippen molar-refractivity contribution in [3.05, 3.63) is 22.6 Å². The standard InChI is InChI=1S/C11H16BrN3O4/c1-18-7-5-15(4-2-9(13)14-17)11(16)8-3-6-19-10(8)12/h3,6,17H,2,4-5,7H2,1H3,(H2,13,14). The van der Waals surface area contributed by atoms with Crippen molar-refractivity contribution in [2.45, 2.75) is 6.42 Å². The first-order chi connectivity index (χ1) is 9.10. The Balaban J connectivity index is 2.73. The summed E-state index contributed by atoms with van der Waals surface area (Å²) in [6, 6.07) is 1.58. The molecular formula is C11H16BrN3O4. The van der Waals surface area contributed by atoms with Gasteiger partial charge in [0, 0.05) is 26.6 Å². The number of hydrogen-bond acceptors (Lipinski definition) is 5. The van der Waals surface area contributed by atoms with Gasteiger partial charge in [0.05, 0.1) is 18.4 Å². The summed E-state index contributed by atoms with van der Waals surface area (Å²) in [5.74, 6) is -0.134. The fraction of sp³-hybridized carbons (Fsp3) is 0.455. The van der Waals surface area contributed by atoms with Crippen LogP contribution in [0.4, 0.5) is 0 Å². The molecule has 3 N–H and O–H groups in total. The van der Waals surface area contributed by atoms with E-state index in [1.165, 1.54) is 6.26 Å². The van der Waals surface area contributed by atoms with Gasteiger partial charge in [0.1, 0.15) is 5.84 Å². The molecule has 1 rings (SSSR count). The summed E-state index contributed by atoms with van der Waals surface area (Å²) in [5.41, 5.74) is 5.83. The first kappa shape index (κ1) is 15.5. The van der Waals surface area contributed by atoms with Crippen LogP contribution in [0.15, 0.2) is 26.6 Å². The summed E-state index contributed by atoms with van der Waals surface area (Å²) in [7, 11) is 1.56. The molecule has 1 heterocycles. The van der Waals surface area contributed by atoms with Crippen LogP contribution in [0.2, 0.25) is 0 Å². The maximum Gasteiger partial charge on any atom is 0.258 e. The number of amides is 1. The Morgan fingerprint density at radius 1 is 1.63 bits per heavy atom. The quantitative estimate of drug-likeness (QED) is 0.338. The molecule has 0 unspecified atom stereocenters. The smallest absolute Gasteiger partial charge is 0.258 e. The van der Waals surface area contributed by atoms with Crippen molar-refractivity contribution in [1.29, 1.82) is 0 Å². The number of nitrogens with zero attached hydrogens (tertiary/aromatic N) is 2. The Hall–Kier alpha value is -1.54. The Morgan fingerprint density at radius 3 is 2.89 bits per heavy atom. The summed E-state index contributed by atoms with van der Waals surface area (Å²) in [6.45, 7) is 1.14. The average Bonchev–Trinajstić information content (AvgIpc) is 2.84. The van der Waals surface area contributed by atoms with Crippen molar-refractivity contribution in [2.24, 2.45) is 10.9 Å². The number of rotatable bonds is 7. The van der Waals surface area contributed by atoms with E-state index in [-0.39, 0.29) is 18.2 Å². The van der Waals surface area contributed by atoms with Crippen LogP contribution in [0.1, 0.15) is 16.8 Å². The van der Waals surface area contributed by atoms with E-state index >= 15 is 0 Å². The van der Waals surface area contributed by atoms with Crippen LogP contribution in [-0.4, -0.2) is 48.7 Å². The van der Waals surface area contributed by atoms with Crippen LogP contribution in [0.25, 0.3) is 0 Å².